The van der Waals surface area contributed by atoms with E-state index in [-0.39, 0.29) is 5.91 Å². The molecule has 2 aromatic carbocycles. The minimum absolute atomic E-state index is 0.152. The lowest BCUT2D eigenvalue weighted by atomic mass is 10.1. The molecule has 104 valence electrons. The second-order valence-corrected chi connectivity index (χ2v) is 4.71. The zero-order valence-corrected chi connectivity index (χ0v) is 11.9. The van der Waals surface area contributed by atoms with Gasteiger partial charge in [0.05, 0.1) is 7.11 Å². The molecule has 1 amide bonds. The first kappa shape index (κ1) is 13.9. The van der Waals surface area contributed by atoms with E-state index in [0.29, 0.717) is 11.3 Å². The highest BCUT2D eigenvalue weighted by atomic mass is 16.5. The van der Waals surface area contributed by atoms with E-state index in [4.69, 9.17) is 10.5 Å². The Morgan fingerprint density at radius 3 is 2.45 bits per heavy atom. The van der Waals surface area contributed by atoms with Gasteiger partial charge in [0.25, 0.3) is 5.91 Å². The summed E-state index contributed by atoms with van der Waals surface area (Å²) in [5.41, 5.74) is 9.63. The summed E-state index contributed by atoms with van der Waals surface area (Å²) in [4.78, 5) is 12.2. The molecule has 0 bridgehead atoms. The maximum absolute atomic E-state index is 12.2. The Hall–Kier alpha value is -2.49. The molecule has 2 rings (SSSR count). The average molecular weight is 270 g/mol. The molecular formula is C16H18N2O2. The van der Waals surface area contributed by atoms with E-state index in [1.165, 1.54) is 0 Å². The first-order valence-electron chi connectivity index (χ1n) is 6.33. The van der Waals surface area contributed by atoms with Gasteiger partial charge in [0.2, 0.25) is 0 Å². The van der Waals surface area contributed by atoms with Crippen LogP contribution in [0.3, 0.4) is 0 Å². The quantitative estimate of drug-likeness (QED) is 0.842. The highest BCUT2D eigenvalue weighted by Crippen LogP contribution is 2.22. The van der Waals surface area contributed by atoms with Crippen LogP contribution in [-0.4, -0.2) is 13.0 Å². The van der Waals surface area contributed by atoms with Crippen LogP contribution in [0.15, 0.2) is 36.4 Å². The Morgan fingerprint density at radius 2 is 1.85 bits per heavy atom. The van der Waals surface area contributed by atoms with Gasteiger partial charge in [-0.1, -0.05) is 0 Å². The van der Waals surface area contributed by atoms with Crippen molar-refractivity contribution < 1.29 is 9.53 Å². The predicted molar refractivity (Wildman–Crippen MR) is 81.3 cm³/mol. The maximum atomic E-state index is 12.2. The minimum atomic E-state index is -0.152. The van der Waals surface area contributed by atoms with Gasteiger partial charge >= 0.3 is 0 Å². The zero-order chi connectivity index (χ0) is 14.7. The van der Waals surface area contributed by atoms with Crippen molar-refractivity contribution in [1.82, 2.24) is 0 Å². The van der Waals surface area contributed by atoms with E-state index >= 15 is 0 Å². The van der Waals surface area contributed by atoms with E-state index in [2.05, 4.69) is 5.32 Å². The van der Waals surface area contributed by atoms with Gasteiger partial charge < -0.3 is 15.8 Å². The second-order valence-electron chi connectivity index (χ2n) is 4.71. The summed E-state index contributed by atoms with van der Waals surface area (Å²) >= 11 is 0. The van der Waals surface area contributed by atoms with Crippen molar-refractivity contribution >= 4 is 17.3 Å². The number of rotatable bonds is 3. The Bertz CT molecular complexity index is 651. The van der Waals surface area contributed by atoms with Gasteiger partial charge in [0.1, 0.15) is 5.75 Å². The standard InChI is InChI=1S/C16H18N2O2/c1-10-8-12(4-6-14(10)17)16(19)18-15-7-5-13(20-3)9-11(15)2/h4-9H,17H2,1-3H3,(H,18,19). The highest BCUT2D eigenvalue weighted by molar-refractivity contribution is 6.05. The number of nitrogens with two attached hydrogens (primary N) is 1. The second kappa shape index (κ2) is 5.65. The number of benzene rings is 2. The van der Waals surface area contributed by atoms with Gasteiger partial charge in [0, 0.05) is 16.9 Å². The lowest BCUT2D eigenvalue weighted by Crippen LogP contribution is -2.13. The molecule has 2 aromatic rings. The molecule has 20 heavy (non-hydrogen) atoms. The number of methoxy groups -OCH3 is 1. The Morgan fingerprint density at radius 1 is 1.10 bits per heavy atom. The van der Waals surface area contributed by atoms with Crippen LogP contribution in [0.1, 0.15) is 21.5 Å². The predicted octanol–water partition coefficient (Wildman–Crippen LogP) is 3.15. The van der Waals surface area contributed by atoms with E-state index in [0.717, 1.165) is 22.6 Å². The Kier molecular flexibility index (Phi) is 3.94. The van der Waals surface area contributed by atoms with Crippen molar-refractivity contribution in [3.05, 3.63) is 53.1 Å². The third-order valence-electron chi connectivity index (χ3n) is 3.21. The summed E-state index contributed by atoms with van der Waals surface area (Å²) in [6.07, 6.45) is 0. The zero-order valence-electron chi connectivity index (χ0n) is 11.9. The van der Waals surface area contributed by atoms with Gasteiger partial charge in [-0.05, 0) is 61.4 Å². The summed E-state index contributed by atoms with van der Waals surface area (Å²) in [6.45, 7) is 3.80. The number of hydrogen-bond acceptors (Lipinski definition) is 3. The van der Waals surface area contributed by atoms with Crippen LogP contribution in [0.4, 0.5) is 11.4 Å². The van der Waals surface area contributed by atoms with Crippen LogP contribution in [0.25, 0.3) is 0 Å². The molecule has 0 fully saturated rings. The molecule has 4 nitrogen and oxygen atoms in total. The van der Waals surface area contributed by atoms with Crippen molar-refractivity contribution in [2.24, 2.45) is 0 Å². The normalized spacial score (nSPS) is 10.2. The van der Waals surface area contributed by atoms with Crippen LogP contribution in [0, 0.1) is 13.8 Å². The van der Waals surface area contributed by atoms with Crippen LogP contribution >= 0.6 is 0 Å². The topological polar surface area (TPSA) is 64.3 Å². The number of aryl methyl sites for hydroxylation is 2. The number of ether oxygens (including phenoxy) is 1. The van der Waals surface area contributed by atoms with Crippen molar-refractivity contribution in [1.29, 1.82) is 0 Å². The summed E-state index contributed by atoms with van der Waals surface area (Å²) in [5.74, 6) is 0.616. The molecule has 0 unspecified atom stereocenters. The molecule has 4 heteroatoms. The van der Waals surface area contributed by atoms with Crippen molar-refractivity contribution in [2.75, 3.05) is 18.2 Å². The summed E-state index contributed by atoms with van der Waals surface area (Å²) in [5, 5.41) is 2.89. The molecule has 0 saturated heterocycles. The lowest BCUT2D eigenvalue weighted by molar-refractivity contribution is 0.102. The highest BCUT2D eigenvalue weighted by Gasteiger charge is 2.09. The fraction of sp³-hybridized carbons (Fsp3) is 0.188. The molecule has 0 aromatic heterocycles. The molecule has 0 aliphatic carbocycles. The van der Waals surface area contributed by atoms with Gasteiger partial charge in [-0.3, -0.25) is 4.79 Å². The largest absolute Gasteiger partial charge is 0.497 e. The molecule has 0 heterocycles. The van der Waals surface area contributed by atoms with Crippen molar-refractivity contribution in [2.45, 2.75) is 13.8 Å². The molecule has 0 saturated carbocycles. The van der Waals surface area contributed by atoms with Crippen LogP contribution in [0.2, 0.25) is 0 Å². The fourth-order valence-electron chi connectivity index (χ4n) is 1.91. The van der Waals surface area contributed by atoms with Crippen molar-refractivity contribution in [3.63, 3.8) is 0 Å². The maximum Gasteiger partial charge on any atom is 0.255 e. The number of hydrogen-bond donors (Lipinski definition) is 2. The molecule has 0 aliphatic rings. The molecule has 0 radical (unpaired) electrons. The van der Waals surface area contributed by atoms with Crippen LogP contribution in [-0.2, 0) is 0 Å². The van der Waals surface area contributed by atoms with Gasteiger partial charge in [0.15, 0.2) is 0 Å². The smallest absolute Gasteiger partial charge is 0.255 e. The first-order valence-corrected chi connectivity index (χ1v) is 6.33. The first-order chi connectivity index (χ1) is 9.51. The van der Waals surface area contributed by atoms with Crippen LogP contribution in [0.5, 0.6) is 5.75 Å². The summed E-state index contributed by atoms with van der Waals surface area (Å²) in [7, 11) is 1.62. The van der Waals surface area contributed by atoms with E-state index in [1.54, 1.807) is 25.3 Å². The monoisotopic (exact) mass is 270 g/mol. The number of nitrogens with one attached hydrogen (secondary N) is 1. The SMILES string of the molecule is COc1ccc(NC(=O)c2ccc(N)c(C)c2)c(C)c1. The van der Waals surface area contributed by atoms with E-state index in [1.807, 2.05) is 32.0 Å². The van der Waals surface area contributed by atoms with Crippen molar-refractivity contribution in [3.8, 4) is 5.75 Å². The third-order valence-corrected chi connectivity index (χ3v) is 3.21. The lowest BCUT2D eigenvalue weighted by Gasteiger charge is -2.10. The van der Waals surface area contributed by atoms with Gasteiger partial charge in [-0.25, -0.2) is 0 Å². The number of carbonyl (C=O) groups is 1. The Labute approximate surface area is 118 Å². The van der Waals surface area contributed by atoms with E-state index < -0.39 is 0 Å². The molecule has 0 spiro atoms. The molecule has 0 aliphatic heterocycles. The molecule has 0 atom stereocenters. The van der Waals surface area contributed by atoms with Gasteiger partial charge in [-0.15, -0.1) is 0 Å². The minimum Gasteiger partial charge on any atom is -0.497 e. The Balaban J connectivity index is 2.21. The number of nitrogen functional groups attached to an aromatic ring is 1. The fourth-order valence-corrected chi connectivity index (χ4v) is 1.91. The number of amides is 1. The average Bonchev–Trinajstić information content (AvgIpc) is 2.43. The number of carbonyl (C=O) groups excluding carboxylic acids is 1. The van der Waals surface area contributed by atoms with Crippen LogP contribution < -0.4 is 15.8 Å². The molecular weight excluding hydrogens is 252 g/mol. The van der Waals surface area contributed by atoms with Gasteiger partial charge in [-0.2, -0.15) is 0 Å². The third kappa shape index (κ3) is 2.91. The van der Waals surface area contributed by atoms with E-state index in [9.17, 15) is 4.79 Å². The summed E-state index contributed by atoms with van der Waals surface area (Å²) < 4.78 is 5.14. The number of anilines is 2. The summed E-state index contributed by atoms with van der Waals surface area (Å²) in [6, 6.07) is 10.8. The molecule has 3 N–H and O–H groups in total.